The van der Waals surface area contributed by atoms with Crippen molar-refractivity contribution in [2.24, 2.45) is 0 Å². The highest BCUT2D eigenvalue weighted by Gasteiger charge is 1.99. The van der Waals surface area contributed by atoms with Gasteiger partial charge < -0.3 is 5.32 Å². The van der Waals surface area contributed by atoms with Gasteiger partial charge in [-0.1, -0.05) is 23.2 Å². The van der Waals surface area contributed by atoms with Crippen molar-refractivity contribution in [1.29, 1.82) is 0 Å². The predicted molar refractivity (Wildman–Crippen MR) is 48.1 cm³/mol. The number of nitrogens with one attached hydrogen (secondary N) is 1. The van der Waals surface area contributed by atoms with E-state index in [1.54, 1.807) is 6.07 Å². The highest BCUT2D eigenvalue weighted by Crippen LogP contribution is 2.21. The van der Waals surface area contributed by atoms with Crippen molar-refractivity contribution in [3.05, 3.63) is 29.2 Å². The topological polar surface area (TPSA) is 24.9 Å². The first-order valence-electron chi connectivity index (χ1n) is 3.08. The van der Waals surface area contributed by atoms with Gasteiger partial charge in [0.2, 0.25) is 0 Å². The standard InChI is InChI=1S/C7H7Cl2N2/c1-2-10-7-6(9)3-5(8)4-11-7/h3-4H,1-2H2,(H,10,11). The summed E-state index contributed by atoms with van der Waals surface area (Å²) in [5.74, 6) is 0.617. The molecule has 1 radical (unpaired) electrons. The number of halogens is 2. The van der Waals surface area contributed by atoms with E-state index < -0.39 is 0 Å². The van der Waals surface area contributed by atoms with Crippen molar-refractivity contribution in [2.75, 3.05) is 11.9 Å². The first-order chi connectivity index (χ1) is 5.24. The van der Waals surface area contributed by atoms with Crippen molar-refractivity contribution < 1.29 is 0 Å². The van der Waals surface area contributed by atoms with Crippen LogP contribution in [0, 0.1) is 6.92 Å². The summed E-state index contributed by atoms with van der Waals surface area (Å²) < 4.78 is 0. The normalized spacial score (nSPS) is 9.73. The summed E-state index contributed by atoms with van der Waals surface area (Å²) in [6.45, 7) is 4.15. The molecule has 11 heavy (non-hydrogen) atoms. The molecule has 0 saturated carbocycles. The fourth-order valence-electron chi connectivity index (χ4n) is 0.663. The lowest BCUT2D eigenvalue weighted by Crippen LogP contribution is -1.99. The number of pyridine rings is 1. The molecule has 1 aromatic heterocycles. The van der Waals surface area contributed by atoms with Gasteiger partial charge in [-0.15, -0.1) is 0 Å². The van der Waals surface area contributed by atoms with Gasteiger partial charge in [0.1, 0.15) is 5.82 Å². The minimum atomic E-state index is 0.515. The molecule has 0 aromatic carbocycles. The number of rotatable bonds is 2. The number of nitrogens with zero attached hydrogens (tertiary/aromatic N) is 1. The lowest BCUT2D eigenvalue weighted by molar-refractivity contribution is 1.23. The van der Waals surface area contributed by atoms with Gasteiger partial charge in [-0.2, -0.15) is 0 Å². The Hall–Kier alpha value is -0.470. The molecule has 1 aromatic rings. The summed E-state index contributed by atoms with van der Waals surface area (Å²) >= 11 is 11.4. The molecule has 0 unspecified atom stereocenters. The van der Waals surface area contributed by atoms with E-state index in [9.17, 15) is 0 Å². The summed E-state index contributed by atoms with van der Waals surface area (Å²) in [5.41, 5.74) is 0. The number of hydrogen-bond donors (Lipinski definition) is 1. The van der Waals surface area contributed by atoms with Gasteiger partial charge in [0.15, 0.2) is 0 Å². The first-order valence-corrected chi connectivity index (χ1v) is 3.84. The van der Waals surface area contributed by atoms with Gasteiger partial charge in [-0.25, -0.2) is 4.98 Å². The van der Waals surface area contributed by atoms with E-state index in [-0.39, 0.29) is 0 Å². The molecule has 0 aliphatic heterocycles. The summed E-state index contributed by atoms with van der Waals surface area (Å²) in [6, 6.07) is 1.63. The molecule has 0 bridgehead atoms. The lowest BCUT2D eigenvalue weighted by Gasteiger charge is -2.03. The molecule has 0 saturated heterocycles. The second kappa shape index (κ2) is 3.79. The Morgan fingerprint density at radius 1 is 1.55 bits per heavy atom. The van der Waals surface area contributed by atoms with Crippen LogP contribution in [0.1, 0.15) is 0 Å². The van der Waals surface area contributed by atoms with E-state index in [1.807, 2.05) is 0 Å². The molecule has 1 rings (SSSR count). The molecule has 0 atom stereocenters. The molecule has 59 valence electrons. The van der Waals surface area contributed by atoms with Crippen LogP contribution >= 0.6 is 23.2 Å². The van der Waals surface area contributed by atoms with Gasteiger partial charge in [0, 0.05) is 12.7 Å². The summed E-state index contributed by atoms with van der Waals surface area (Å²) in [6.07, 6.45) is 1.53. The van der Waals surface area contributed by atoms with Crippen molar-refractivity contribution in [1.82, 2.24) is 4.98 Å². The van der Waals surface area contributed by atoms with E-state index in [2.05, 4.69) is 17.2 Å². The largest absolute Gasteiger partial charge is 0.369 e. The Kier molecular flexibility index (Phi) is 2.97. The van der Waals surface area contributed by atoms with Crippen LogP contribution in [0.3, 0.4) is 0 Å². The molecule has 1 heterocycles. The summed E-state index contributed by atoms with van der Waals surface area (Å²) in [5, 5.41) is 3.94. The van der Waals surface area contributed by atoms with Gasteiger partial charge in [-0.05, 0) is 13.0 Å². The SMILES string of the molecule is [CH2]CNc1ncc(Cl)cc1Cl. The third-order valence-corrected chi connectivity index (χ3v) is 1.60. The Morgan fingerprint density at radius 2 is 2.27 bits per heavy atom. The van der Waals surface area contributed by atoms with Crippen LogP contribution in [-0.2, 0) is 0 Å². The number of hydrogen-bond acceptors (Lipinski definition) is 2. The van der Waals surface area contributed by atoms with Gasteiger partial charge in [0.25, 0.3) is 0 Å². The quantitative estimate of drug-likeness (QED) is 0.775. The van der Waals surface area contributed by atoms with Gasteiger partial charge in [-0.3, -0.25) is 0 Å². The highest BCUT2D eigenvalue weighted by atomic mass is 35.5. The third kappa shape index (κ3) is 2.24. The smallest absolute Gasteiger partial charge is 0.144 e. The van der Waals surface area contributed by atoms with Crippen LogP contribution in [0.4, 0.5) is 5.82 Å². The van der Waals surface area contributed by atoms with Crippen molar-refractivity contribution in [3.63, 3.8) is 0 Å². The Bertz CT molecular complexity index is 250. The van der Waals surface area contributed by atoms with Crippen LogP contribution < -0.4 is 5.32 Å². The van der Waals surface area contributed by atoms with E-state index in [1.165, 1.54) is 6.20 Å². The van der Waals surface area contributed by atoms with Crippen molar-refractivity contribution >= 4 is 29.0 Å². The maximum absolute atomic E-state index is 5.77. The fraction of sp³-hybridized carbons (Fsp3) is 0.143. The second-order valence-electron chi connectivity index (χ2n) is 1.91. The second-order valence-corrected chi connectivity index (χ2v) is 2.75. The van der Waals surface area contributed by atoms with Crippen LogP contribution in [0.5, 0.6) is 0 Å². The first kappa shape index (κ1) is 8.62. The molecular formula is C7H7Cl2N2. The van der Waals surface area contributed by atoms with Crippen LogP contribution in [-0.4, -0.2) is 11.5 Å². The Morgan fingerprint density at radius 3 is 2.82 bits per heavy atom. The molecular weight excluding hydrogens is 183 g/mol. The minimum absolute atomic E-state index is 0.515. The molecule has 0 fully saturated rings. The fourth-order valence-corrected chi connectivity index (χ4v) is 1.11. The van der Waals surface area contributed by atoms with Crippen LogP contribution in [0.15, 0.2) is 12.3 Å². The van der Waals surface area contributed by atoms with Gasteiger partial charge >= 0.3 is 0 Å². The summed E-state index contributed by atoms with van der Waals surface area (Å²) in [7, 11) is 0. The number of aromatic nitrogens is 1. The maximum Gasteiger partial charge on any atom is 0.144 e. The van der Waals surface area contributed by atoms with Crippen molar-refractivity contribution in [2.45, 2.75) is 0 Å². The predicted octanol–water partition coefficient (Wildman–Crippen LogP) is 2.63. The third-order valence-electron chi connectivity index (χ3n) is 1.10. The van der Waals surface area contributed by atoms with E-state index in [4.69, 9.17) is 23.2 Å². The molecule has 2 nitrogen and oxygen atoms in total. The zero-order chi connectivity index (χ0) is 8.27. The highest BCUT2D eigenvalue weighted by molar-refractivity contribution is 6.35. The Balaban J connectivity index is 2.90. The van der Waals surface area contributed by atoms with E-state index >= 15 is 0 Å². The van der Waals surface area contributed by atoms with Gasteiger partial charge in [0.05, 0.1) is 10.0 Å². The molecule has 0 spiro atoms. The van der Waals surface area contributed by atoms with Crippen LogP contribution in [0.25, 0.3) is 0 Å². The van der Waals surface area contributed by atoms with E-state index in [0.29, 0.717) is 22.4 Å². The minimum Gasteiger partial charge on any atom is -0.369 e. The molecule has 4 heteroatoms. The molecule has 1 N–H and O–H groups in total. The monoisotopic (exact) mass is 189 g/mol. The molecule has 0 aliphatic carbocycles. The average molecular weight is 190 g/mol. The lowest BCUT2D eigenvalue weighted by atomic mass is 10.4. The Labute approximate surface area is 75.5 Å². The molecule has 0 aliphatic rings. The number of anilines is 1. The maximum atomic E-state index is 5.77. The van der Waals surface area contributed by atoms with Crippen LogP contribution in [0.2, 0.25) is 10.0 Å². The summed E-state index contributed by atoms with van der Waals surface area (Å²) in [4.78, 5) is 3.95. The van der Waals surface area contributed by atoms with E-state index in [0.717, 1.165) is 0 Å². The zero-order valence-corrected chi connectivity index (χ0v) is 7.28. The zero-order valence-electron chi connectivity index (χ0n) is 5.77. The molecule has 0 amide bonds. The van der Waals surface area contributed by atoms with Crippen molar-refractivity contribution in [3.8, 4) is 0 Å². The average Bonchev–Trinajstić information content (AvgIpc) is 1.95.